The Balaban J connectivity index is 0.00000128. The van der Waals surface area contributed by atoms with Crippen molar-refractivity contribution >= 4 is 12.4 Å². The lowest BCUT2D eigenvalue weighted by molar-refractivity contribution is 0.411. The first kappa shape index (κ1) is 13.3. The van der Waals surface area contributed by atoms with Crippen LogP contribution in [0.25, 0.3) is 0 Å². The Kier molecular flexibility index (Phi) is 4.63. The van der Waals surface area contributed by atoms with E-state index in [-0.39, 0.29) is 12.4 Å². The van der Waals surface area contributed by atoms with Crippen LogP contribution in [0.1, 0.15) is 35.6 Å². The maximum absolute atomic E-state index is 5.32. The zero-order valence-corrected chi connectivity index (χ0v) is 11.0. The fourth-order valence-electron chi connectivity index (χ4n) is 2.36. The molecule has 1 aromatic carbocycles. The molecule has 0 unspecified atom stereocenters. The van der Waals surface area contributed by atoms with Crippen molar-refractivity contribution in [3.05, 3.63) is 28.8 Å². The molecule has 1 aromatic rings. The summed E-state index contributed by atoms with van der Waals surface area (Å²) < 4.78 is 5.32. The van der Waals surface area contributed by atoms with E-state index in [0.717, 1.165) is 12.3 Å². The van der Waals surface area contributed by atoms with Crippen LogP contribution >= 0.6 is 12.4 Å². The van der Waals surface area contributed by atoms with Crippen LogP contribution < -0.4 is 10.1 Å². The number of nitrogens with one attached hydrogen (secondary N) is 1. The lowest BCUT2D eigenvalue weighted by Gasteiger charge is -2.16. The van der Waals surface area contributed by atoms with Gasteiger partial charge in [-0.15, -0.1) is 12.4 Å². The number of hydrogen-bond acceptors (Lipinski definition) is 2. The Morgan fingerprint density at radius 1 is 1.25 bits per heavy atom. The van der Waals surface area contributed by atoms with Crippen LogP contribution in [0.5, 0.6) is 5.75 Å². The Hall–Kier alpha value is -0.730. The molecule has 2 nitrogen and oxygen atoms in total. The largest absolute Gasteiger partial charge is 0.496 e. The van der Waals surface area contributed by atoms with Crippen LogP contribution in [0.4, 0.5) is 0 Å². The van der Waals surface area contributed by atoms with E-state index >= 15 is 0 Å². The normalized spacial score (nSPS) is 19.3. The Morgan fingerprint density at radius 2 is 2.00 bits per heavy atom. The molecule has 2 rings (SSSR count). The van der Waals surface area contributed by atoms with Crippen LogP contribution in [0.3, 0.4) is 0 Å². The number of methoxy groups -OCH3 is 1. The van der Waals surface area contributed by atoms with E-state index in [4.69, 9.17) is 4.74 Å². The highest BCUT2D eigenvalue weighted by Gasteiger charge is 2.18. The molecule has 1 aliphatic rings. The van der Waals surface area contributed by atoms with Crippen molar-refractivity contribution in [2.75, 3.05) is 13.7 Å². The third-order valence-corrected chi connectivity index (χ3v) is 3.22. The molecule has 16 heavy (non-hydrogen) atoms. The van der Waals surface area contributed by atoms with E-state index in [9.17, 15) is 0 Å². The molecule has 0 bridgehead atoms. The second-order valence-electron chi connectivity index (χ2n) is 4.33. The number of halogens is 1. The molecule has 0 aliphatic carbocycles. The van der Waals surface area contributed by atoms with Crippen LogP contribution in [-0.2, 0) is 0 Å². The highest BCUT2D eigenvalue weighted by atomic mass is 35.5. The lowest BCUT2D eigenvalue weighted by atomic mass is 9.97. The van der Waals surface area contributed by atoms with Crippen molar-refractivity contribution in [2.24, 2.45) is 0 Å². The number of hydrogen-bond donors (Lipinski definition) is 1. The van der Waals surface area contributed by atoms with Gasteiger partial charge in [-0.25, -0.2) is 0 Å². The SMILES string of the molecule is COc1cc(C)c([C@H]2CCCN2)cc1C.Cl. The molecular formula is C13H20ClNO. The first-order valence-corrected chi connectivity index (χ1v) is 5.61. The number of rotatable bonds is 2. The molecule has 1 fully saturated rings. The van der Waals surface area contributed by atoms with Gasteiger partial charge >= 0.3 is 0 Å². The second-order valence-corrected chi connectivity index (χ2v) is 4.33. The summed E-state index contributed by atoms with van der Waals surface area (Å²) in [4.78, 5) is 0. The van der Waals surface area contributed by atoms with Crippen LogP contribution in [0.15, 0.2) is 12.1 Å². The molecule has 0 aromatic heterocycles. The van der Waals surface area contributed by atoms with Crippen molar-refractivity contribution < 1.29 is 4.74 Å². The third-order valence-electron chi connectivity index (χ3n) is 3.22. The van der Waals surface area contributed by atoms with Gasteiger partial charge in [0.1, 0.15) is 5.75 Å². The van der Waals surface area contributed by atoms with Crippen LogP contribution in [0, 0.1) is 13.8 Å². The molecule has 1 heterocycles. The Labute approximate surface area is 104 Å². The predicted molar refractivity (Wildman–Crippen MR) is 69.7 cm³/mol. The van der Waals surface area contributed by atoms with Gasteiger partial charge in [0.15, 0.2) is 0 Å². The van der Waals surface area contributed by atoms with Gasteiger partial charge in [-0.05, 0) is 56.0 Å². The van der Waals surface area contributed by atoms with Gasteiger partial charge < -0.3 is 10.1 Å². The maximum Gasteiger partial charge on any atom is 0.122 e. The summed E-state index contributed by atoms with van der Waals surface area (Å²) in [6.07, 6.45) is 2.54. The van der Waals surface area contributed by atoms with Crippen LogP contribution in [0.2, 0.25) is 0 Å². The number of benzene rings is 1. The van der Waals surface area contributed by atoms with E-state index in [1.807, 2.05) is 0 Å². The maximum atomic E-state index is 5.32. The van der Waals surface area contributed by atoms with Crippen molar-refractivity contribution in [2.45, 2.75) is 32.7 Å². The number of aryl methyl sites for hydroxylation is 2. The van der Waals surface area contributed by atoms with Crippen LogP contribution in [-0.4, -0.2) is 13.7 Å². The standard InChI is InChI=1S/C13H19NO.ClH/c1-9-8-13(15-3)10(2)7-11(9)12-5-4-6-14-12;/h7-8,12,14H,4-6H2,1-3H3;1H/t12-;/m1./s1. The smallest absolute Gasteiger partial charge is 0.122 e. The highest BCUT2D eigenvalue weighted by Crippen LogP contribution is 2.30. The average molecular weight is 242 g/mol. The fourth-order valence-corrected chi connectivity index (χ4v) is 2.36. The average Bonchev–Trinajstić information content (AvgIpc) is 2.74. The summed E-state index contributed by atoms with van der Waals surface area (Å²) >= 11 is 0. The molecule has 0 radical (unpaired) electrons. The highest BCUT2D eigenvalue weighted by molar-refractivity contribution is 5.85. The molecule has 0 amide bonds. The van der Waals surface area contributed by atoms with Gasteiger partial charge in [-0.3, -0.25) is 0 Å². The summed E-state index contributed by atoms with van der Waals surface area (Å²) in [7, 11) is 1.73. The zero-order valence-electron chi connectivity index (χ0n) is 10.2. The predicted octanol–water partition coefficient (Wildman–Crippen LogP) is 3.16. The van der Waals surface area contributed by atoms with E-state index in [1.165, 1.54) is 29.5 Å². The van der Waals surface area contributed by atoms with Gasteiger partial charge in [-0.2, -0.15) is 0 Å². The van der Waals surface area contributed by atoms with Crippen molar-refractivity contribution in [3.8, 4) is 5.75 Å². The van der Waals surface area contributed by atoms with Gasteiger partial charge in [0.25, 0.3) is 0 Å². The number of ether oxygens (including phenoxy) is 1. The molecular weight excluding hydrogens is 222 g/mol. The fraction of sp³-hybridized carbons (Fsp3) is 0.538. The summed E-state index contributed by atoms with van der Waals surface area (Å²) in [5, 5.41) is 3.54. The molecule has 1 atom stereocenters. The van der Waals surface area contributed by atoms with Gasteiger partial charge in [-0.1, -0.05) is 6.07 Å². The topological polar surface area (TPSA) is 21.3 Å². The minimum atomic E-state index is 0. The van der Waals surface area contributed by atoms with E-state index in [0.29, 0.717) is 6.04 Å². The first-order chi connectivity index (χ1) is 7.22. The quantitative estimate of drug-likeness (QED) is 0.859. The zero-order chi connectivity index (χ0) is 10.8. The molecule has 1 N–H and O–H groups in total. The van der Waals surface area contributed by atoms with Crippen molar-refractivity contribution in [3.63, 3.8) is 0 Å². The summed E-state index contributed by atoms with van der Waals surface area (Å²) in [5.74, 6) is 0.995. The molecule has 0 spiro atoms. The molecule has 3 heteroatoms. The van der Waals surface area contributed by atoms with Gasteiger partial charge in [0, 0.05) is 6.04 Å². The van der Waals surface area contributed by atoms with E-state index in [1.54, 1.807) is 7.11 Å². The van der Waals surface area contributed by atoms with E-state index < -0.39 is 0 Å². The molecule has 1 aliphatic heterocycles. The van der Waals surface area contributed by atoms with E-state index in [2.05, 4.69) is 31.3 Å². The monoisotopic (exact) mass is 241 g/mol. The van der Waals surface area contributed by atoms with Gasteiger partial charge in [0.05, 0.1) is 7.11 Å². The molecule has 0 saturated carbocycles. The Morgan fingerprint density at radius 3 is 2.56 bits per heavy atom. The van der Waals surface area contributed by atoms with Crippen molar-refractivity contribution in [1.82, 2.24) is 5.32 Å². The summed E-state index contributed by atoms with van der Waals surface area (Å²) in [6.45, 7) is 5.42. The minimum Gasteiger partial charge on any atom is -0.496 e. The summed E-state index contributed by atoms with van der Waals surface area (Å²) in [5.41, 5.74) is 3.99. The minimum absolute atomic E-state index is 0. The Bertz CT molecular complexity index is 359. The lowest BCUT2D eigenvalue weighted by Crippen LogP contribution is -2.14. The summed E-state index contributed by atoms with van der Waals surface area (Å²) in [6, 6.07) is 4.96. The second kappa shape index (κ2) is 5.55. The molecule has 1 saturated heterocycles. The first-order valence-electron chi connectivity index (χ1n) is 5.61. The van der Waals surface area contributed by atoms with Crippen molar-refractivity contribution in [1.29, 1.82) is 0 Å². The molecule has 90 valence electrons. The third kappa shape index (κ3) is 2.50. The van der Waals surface area contributed by atoms with Gasteiger partial charge in [0.2, 0.25) is 0 Å².